The van der Waals surface area contributed by atoms with Crippen LogP contribution in [0.5, 0.6) is 0 Å². The van der Waals surface area contributed by atoms with Crippen LogP contribution in [0.2, 0.25) is 0 Å². The minimum atomic E-state index is 0.581. The third-order valence-electron chi connectivity index (χ3n) is 8.68. The second-order valence-electron chi connectivity index (χ2n) is 11.1. The molecule has 0 fully saturated rings. The summed E-state index contributed by atoms with van der Waals surface area (Å²) < 4.78 is 10.7. The maximum Gasteiger partial charge on any atom is 0.236 e. The van der Waals surface area contributed by atoms with Gasteiger partial charge in [-0.25, -0.2) is 19.9 Å². The summed E-state index contributed by atoms with van der Waals surface area (Å²) in [5.41, 5.74) is 8.08. The SMILES string of the molecule is c1ccc(-c2nc(-n3c4ccccc4c4c3ccc3c5ccccc5n(-c5ncccn5)c34)nc3c2oc2ccccc23)cc1. The third kappa shape index (κ3) is 3.34. The Morgan fingerprint density at radius 2 is 1.18 bits per heavy atom. The van der Waals surface area contributed by atoms with Crippen molar-refractivity contribution in [1.82, 2.24) is 29.1 Å². The average molecular weight is 579 g/mol. The zero-order chi connectivity index (χ0) is 29.5. The fourth-order valence-corrected chi connectivity index (χ4v) is 6.81. The van der Waals surface area contributed by atoms with Crippen molar-refractivity contribution in [2.75, 3.05) is 0 Å². The van der Waals surface area contributed by atoms with Gasteiger partial charge in [0.25, 0.3) is 0 Å². The van der Waals surface area contributed by atoms with Crippen molar-refractivity contribution in [2.24, 2.45) is 0 Å². The van der Waals surface area contributed by atoms with E-state index in [1.54, 1.807) is 12.4 Å². The van der Waals surface area contributed by atoms with Crippen molar-refractivity contribution in [3.8, 4) is 23.2 Å². The summed E-state index contributed by atoms with van der Waals surface area (Å²) in [5, 5.41) is 5.43. The van der Waals surface area contributed by atoms with Crippen LogP contribution in [0.15, 0.2) is 138 Å². The Bertz CT molecular complexity index is 2760. The summed E-state index contributed by atoms with van der Waals surface area (Å²) in [6, 6.07) is 41.3. The molecule has 5 heterocycles. The van der Waals surface area contributed by atoms with E-state index in [1.165, 1.54) is 0 Å². The molecule has 10 aromatic rings. The summed E-state index contributed by atoms with van der Waals surface area (Å²) in [5.74, 6) is 1.21. The first kappa shape index (κ1) is 24.1. The lowest BCUT2D eigenvalue weighted by Gasteiger charge is -2.10. The molecule has 0 aliphatic heterocycles. The molecule has 210 valence electrons. The van der Waals surface area contributed by atoms with Crippen LogP contribution in [0.3, 0.4) is 0 Å². The van der Waals surface area contributed by atoms with Crippen molar-refractivity contribution in [1.29, 1.82) is 0 Å². The molecule has 0 saturated carbocycles. The maximum absolute atomic E-state index is 6.39. The molecule has 0 amide bonds. The lowest BCUT2D eigenvalue weighted by Crippen LogP contribution is -2.03. The van der Waals surface area contributed by atoms with Crippen molar-refractivity contribution in [3.05, 3.63) is 134 Å². The van der Waals surface area contributed by atoms with Crippen LogP contribution in [0.1, 0.15) is 0 Å². The van der Waals surface area contributed by atoms with Gasteiger partial charge < -0.3 is 4.42 Å². The number of rotatable bonds is 3. The van der Waals surface area contributed by atoms with Gasteiger partial charge in [0.1, 0.15) is 16.8 Å². The Morgan fingerprint density at radius 1 is 0.489 bits per heavy atom. The number of para-hydroxylation sites is 3. The molecule has 0 atom stereocenters. The predicted molar refractivity (Wildman–Crippen MR) is 179 cm³/mol. The van der Waals surface area contributed by atoms with Gasteiger partial charge in [-0.1, -0.05) is 84.9 Å². The summed E-state index contributed by atoms with van der Waals surface area (Å²) in [4.78, 5) is 19.8. The molecule has 0 N–H and O–H groups in total. The quantitative estimate of drug-likeness (QED) is 0.209. The zero-order valence-electron chi connectivity index (χ0n) is 23.8. The second-order valence-corrected chi connectivity index (χ2v) is 11.1. The van der Waals surface area contributed by atoms with Crippen LogP contribution in [0, 0.1) is 0 Å². The number of hydrogen-bond acceptors (Lipinski definition) is 5. The van der Waals surface area contributed by atoms with E-state index >= 15 is 0 Å². The van der Waals surface area contributed by atoms with Crippen LogP contribution >= 0.6 is 0 Å². The van der Waals surface area contributed by atoms with Crippen molar-refractivity contribution in [3.63, 3.8) is 0 Å². The van der Waals surface area contributed by atoms with Gasteiger partial charge in [-0.15, -0.1) is 0 Å². The third-order valence-corrected chi connectivity index (χ3v) is 8.68. The normalized spacial score (nSPS) is 12.0. The lowest BCUT2D eigenvalue weighted by atomic mass is 10.1. The van der Waals surface area contributed by atoms with E-state index in [9.17, 15) is 0 Å². The highest BCUT2D eigenvalue weighted by Gasteiger charge is 2.24. The van der Waals surface area contributed by atoms with Gasteiger partial charge in [0, 0.05) is 44.9 Å². The molecule has 5 aromatic carbocycles. The molecular formula is C38H22N6O. The average Bonchev–Trinajstić information content (AvgIpc) is 3.76. The van der Waals surface area contributed by atoms with Crippen LogP contribution in [-0.2, 0) is 0 Å². The standard InChI is InChI=1S/C38H22N6O/c1-2-11-23(12-3-1)33-36-34(27-15-6-9-18-31(27)45-36)42-38(41-33)43-29-17-8-5-14-26(29)32-30(43)20-19-25-24-13-4-7-16-28(24)44(35(25)32)37-39-21-10-22-40-37/h1-22H. The monoisotopic (exact) mass is 578 g/mol. The molecule has 0 radical (unpaired) electrons. The number of aromatic nitrogens is 6. The minimum absolute atomic E-state index is 0.581. The van der Waals surface area contributed by atoms with Gasteiger partial charge in [0.2, 0.25) is 11.9 Å². The fourth-order valence-electron chi connectivity index (χ4n) is 6.81. The van der Waals surface area contributed by atoms with Crippen molar-refractivity contribution < 1.29 is 4.42 Å². The largest absolute Gasteiger partial charge is 0.452 e. The molecule has 7 heteroatoms. The fraction of sp³-hybridized carbons (Fsp3) is 0. The van der Waals surface area contributed by atoms with E-state index in [0.717, 1.165) is 71.4 Å². The minimum Gasteiger partial charge on any atom is -0.452 e. The Hall–Kier alpha value is -6.34. The van der Waals surface area contributed by atoms with Gasteiger partial charge >= 0.3 is 0 Å². The highest BCUT2D eigenvalue weighted by atomic mass is 16.3. The predicted octanol–water partition coefficient (Wildman–Crippen LogP) is 9.03. The smallest absolute Gasteiger partial charge is 0.236 e. The van der Waals surface area contributed by atoms with E-state index in [-0.39, 0.29) is 0 Å². The molecule has 0 unspecified atom stereocenters. The topological polar surface area (TPSA) is 74.6 Å². The molecule has 10 rings (SSSR count). The van der Waals surface area contributed by atoms with E-state index in [1.807, 2.05) is 42.5 Å². The van der Waals surface area contributed by atoms with Crippen molar-refractivity contribution >= 4 is 65.7 Å². The van der Waals surface area contributed by atoms with Crippen LogP contribution in [0.4, 0.5) is 0 Å². The number of fused-ring (bicyclic) bond motifs is 10. The molecule has 0 spiro atoms. The number of nitrogens with zero attached hydrogens (tertiary/aromatic N) is 6. The summed E-state index contributed by atoms with van der Waals surface area (Å²) >= 11 is 0. The van der Waals surface area contributed by atoms with E-state index in [2.05, 4.69) is 98.0 Å². The van der Waals surface area contributed by atoms with Crippen LogP contribution in [0.25, 0.3) is 88.8 Å². The maximum atomic E-state index is 6.39. The first-order valence-corrected chi connectivity index (χ1v) is 14.8. The van der Waals surface area contributed by atoms with Crippen molar-refractivity contribution in [2.45, 2.75) is 0 Å². The molecule has 0 aliphatic rings. The molecule has 0 saturated heterocycles. The first-order chi connectivity index (χ1) is 22.3. The van der Waals surface area contributed by atoms with Gasteiger partial charge in [0.15, 0.2) is 5.58 Å². The highest BCUT2D eigenvalue weighted by Crippen LogP contribution is 2.42. The molecule has 7 nitrogen and oxygen atoms in total. The number of furan rings is 1. The molecule has 45 heavy (non-hydrogen) atoms. The number of hydrogen-bond donors (Lipinski definition) is 0. The van der Waals surface area contributed by atoms with Gasteiger partial charge in [-0.3, -0.25) is 9.13 Å². The Balaban J connectivity index is 1.39. The molecule has 5 aromatic heterocycles. The highest BCUT2D eigenvalue weighted by molar-refractivity contribution is 6.26. The summed E-state index contributed by atoms with van der Waals surface area (Å²) in [7, 11) is 0. The van der Waals surface area contributed by atoms with Gasteiger partial charge in [-0.05, 0) is 36.4 Å². The Morgan fingerprint density at radius 3 is 2.00 bits per heavy atom. The van der Waals surface area contributed by atoms with Gasteiger partial charge in [-0.2, -0.15) is 0 Å². The van der Waals surface area contributed by atoms with Crippen LogP contribution in [-0.4, -0.2) is 29.1 Å². The Kier molecular flexibility index (Phi) is 4.87. The molecular weight excluding hydrogens is 556 g/mol. The molecule has 0 bridgehead atoms. The number of benzene rings is 5. The summed E-state index contributed by atoms with van der Waals surface area (Å²) in [6.07, 6.45) is 3.57. The molecule has 0 aliphatic carbocycles. The van der Waals surface area contributed by atoms with E-state index in [4.69, 9.17) is 14.4 Å². The van der Waals surface area contributed by atoms with Gasteiger partial charge in [0.05, 0.1) is 22.1 Å². The first-order valence-electron chi connectivity index (χ1n) is 14.8. The summed E-state index contributed by atoms with van der Waals surface area (Å²) in [6.45, 7) is 0. The second kappa shape index (κ2) is 9.08. The van der Waals surface area contributed by atoms with E-state index < -0.39 is 0 Å². The zero-order valence-corrected chi connectivity index (χ0v) is 23.8. The van der Waals surface area contributed by atoms with Crippen LogP contribution < -0.4 is 0 Å². The lowest BCUT2D eigenvalue weighted by molar-refractivity contribution is 0.666. The van der Waals surface area contributed by atoms with E-state index in [0.29, 0.717) is 17.5 Å². The Labute approximate surface area is 255 Å².